The number of nitrogens with zero attached hydrogens (tertiary/aromatic N) is 2. The van der Waals surface area contributed by atoms with Gasteiger partial charge in [-0.3, -0.25) is 24.2 Å². The number of carboxylic acids is 1. The highest BCUT2D eigenvalue weighted by Crippen LogP contribution is 2.24. The first-order valence-corrected chi connectivity index (χ1v) is 10.5. The summed E-state index contributed by atoms with van der Waals surface area (Å²) in [7, 11) is 0. The van der Waals surface area contributed by atoms with Gasteiger partial charge in [0.05, 0.1) is 11.5 Å². The predicted molar refractivity (Wildman–Crippen MR) is 124 cm³/mol. The number of aromatic amines is 1. The number of benzene rings is 1. The van der Waals surface area contributed by atoms with Crippen molar-refractivity contribution in [3.05, 3.63) is 82.3 Å². The first kappa shape index (κ1) is 24.3. The Morgan fingerprint density at radius 3 is 2.35 bits per heavy atom. The van der Waals surface area contributed by atoms with E-state index < -0.39 is 34.8 Å². The average molecular weight is 463 g/mol. The van der Waals surface area contributed by atoms with E-state index in [4.69, 9.17) is 5.11 Å². The third kappa shape index (κ3) is 5.71. The fraction of sp³-hybridized carbons (Fsp3) is 0.250. The van der Waals surface area contributed by atoms with Crippen LogP contribution in [0.2, 0.25) is 0 Å². The van der Waals surface area contributed by atoms with Crippen LogP contribution in [0.4, 0.5) is 0 Å². The molecule has 10 nitrogen and oxygen atoms in total. The molecule has 4 N–H and O–H groups in total. The molecule has 0 bridgehead atoms. The van der Waals surface area contributed by atoms with Gasteiger partial charge in [0.15, 0.2) is 5.82 Å². The lowest BCUT2D eigenvalue weighted by Crippen LogP contribution is -2.43. The number of amides is 2. The van der Waals surface area contributed by atoms with Gasteiger partial charge in [0.25, 0.3) is 17.4 Å². The monoisotopic (exact) mass is 463 g/mol. The van der Waals surface area contributed by atoms with Gasteiger partial charge in [-0.05, 0) is 36.6 Å². The molecule has 176 valence electrons. The first-order chi connectivity index (χ1) is 16.1. The first-order valence-electron chi connectivity index (χ1n) is 10.5. The largest absolute Gasteiger partial charge is 0.481 e. The van der Waals surface area contributed by atoms with Crippen molar-refractivity contribution in [2.45, 2.75) is 26.3 Å². The number of aliphatic carboxylic acids is 1. The van der Waals surface area contributed by atoms with Gasteiger partial charge in [0.1, 0.15) is 5.56 Å². The smallest absolute Gasteiger partial charge is 0.308 e. The van der Waals surface area contributed by atoms with Gasteiger partial charge in [0, 0.05) is 25.1 Å². The van der Waals surface area contributed by atoms with Gasteiger partial charge in [-0.2, -0.15) is 0 Å². The molecular formula is C24H25N5O5. The Morgan fingerprint density at radius 2 is 1.76 bits per heavy atom. The number of hydrogen-bond acceptors (Lipinski definition) is 6. The van der Waals surface area contributed by atoms with Crippen LogP contribution in [0.3, 0.4) is 0 Å². The van der Waals surface area contributed by atoms with E-state index in [2.05, 4.69) is 25.6 Å². The number of nitrogens with one attached hydrogen (secondary N) is 3. The van der Waals surface area contributed by atoms with E-state index in [1.54, 1.807) is 26.2 Å². The zero-order valence-electron chi connectivity index (χ0n) is 19.0. The van der Waals surface area contributed by atoms with Crippen molar-refractivity contribution in [1.29, 1.82) is 0 Å². The highest BCUT2D eigenvalue weighted by molar-refractivity contribution is 5.95. The maximum atomic E-state index is 12.8. The molecule has 0 fully saturated rings. The number of carbonyl (C=O) groups is 3. The molecule has 1 atom stereocenters. The van der Waals surface area contributed by atoms with Crippen LogP contribution in [0.25, 0.3) is 11.1 Å². The Kier molecular flexibility index (Phi) is 7.20. The number of aromatic nitrogens is 3. The summed E-state index contributed by atoms with van der Waals surface area (Å²) in [6, 6.07) is 11.4. The van der Waals surface area contributed by atoms with Crippen molar-refractivity contribution in [1.82, 2.24) is 25.6 Å². The normalized spacial score (nSPS) is 12.0. The van der Waals surface area contributed by atoms with E-state index in [1.165, 1.54) is 6.92 Å². The molecule has 34 heavy (non-hydrogen) atoms. The summed E-state index contributed by atoms with van der Waals surface area (Å²) in [6.45, 7) is 4.91. The highest BCUT2D eigenvalue weighted by Gasteiger charge is 2.25. The van der Waals surface area contributed by atoms with Crippen molar-refractivity contribution in [2.75, 3.05) is 6.54 Å². The lowest BCUT2D eigenvalue weighted by molar-refractivity contribution is -0.140. The summed E-state index contributed by atoms with van der Waals surface area (Å²) in [5.74, 6) is -3.58. The lowest BCUT2D eigenvalue weighted by Gasteiger charge is -2.27. The zero-order valence-corrected chi connectivity index (χ0v) is 19.0. The number of pyridine rings is 1. The third-order valence-electron chi connectivity index (χ3n) is 5.28. The molecule has 2 aromatic heterocycles. The molecule has 0 aliphatic rings. The molecule has 0 saturated heterocycles. The Bertz CT molecular complexity index is 1250. The highest BCUT2D eigenvalue weighted by atomic mass is 16.4. The van der Waals surface area contributed by atoms with Crippen molar-refractivity contribution in [3.8, 4) is 11.1 Å². The second-order valence-corrected chi connectivity index (χ2v) is 8.32. The maximum absolute atomic E-state index is 12.8. The fourth-order valence-corrected chi connectivity index (χ4v) is 3.13. The van der Waals surface area contributed by atoms with Crippen LogP contribution in [0.5, 0.6) is 0 Å². The molecule has 3 rings (SSSR count). The van der Waals surface area contributed by atoms with E-state index in [-0.39, 0.29) is 17.9 Å². The van der Waals surface area contributed by atoms with Crippen LogP contribution in [-0.2, 0) is 10.3 Å². The summed E-state index contributed by atoms with van der Waals surface area (Å²) >= 11 is 0. The summed E-state index contributed by atoms with van der Waals surface area (Å²) in [5, 5.41) is 14.1. The quantitative estimate of drug-likeness (QED) is 0.398. The van der Waals surface area contributed by atoms with Gasteiger partial charge in [-0.1, -0.05) is 37.3 Å². The number of carboxylic acid groups (broad SMARTS) is 1. The zero-order chi connectivity index (χ0) is 24.9. The fourth-order valence-electron chi connectivity index (χ4n) is 3.13. The molecule has 0 aliphatic carbocycles. The Balaban J connectivity index is 1.70. The van der Waals surface area contributed by atoms with Crippen LogP contribution >= 0.6 is 0 Å². The molecule has 0 aliphatic heterocycles. The minimum Gasteiger partial charge on any atom is -0.481 e. The summed E-state index contributed by atoms with van der Waals surface area (Å²) in [4.78, 5) is 58.4. The van der Waals surface area contributed by atoms with E-state index in [9.17, 15) is 19.2 Å². The third-order valence-corrected chi connectivity index (χ3v) is 5.28. The molecule has 1 aromatic carbocycles. The molecule has 2 heterocycles. The van der Waals surface area contributed by atoms with Crippen molar-refractivity contribution in [3.63, 3.8) is 0 Å². The molecule has 0 spiro atoms. The van der Waals surface area contributed by atoms with Crippen LogP contribution in [-0.4, -0.2) is 44.4 Å². The van der Waals surface area contributed by atoms with Crippen molar-refractivity contribution in [2.24, 2.45) is 5.92 Å². The van der Waals surface area contributed by atoms with E-state index in [0.29, 0.717) is 0 Å². The Morgan fingerprint density at radius 1 is 1.06 bits per heavy atom. The van der Waals surface area contributed by atoms with Gasteiger partial charge < -0.3 is 20.7 Å². The number of rotatable bonds is 8. The summed E-state index contributed by atoms with van der Waals surface area (Å²) in [6.07, 6.45) is 4.48. The molecular weight excluding hydrogens is 438 g/mol. The maximum Gasteiger partial charge on any atom is 0.308 e. The summed E-state index contributed by atoms with van der Waals surface area (Å²) in [5.41, 5.74) is 0.921. The SMILES string of the molecule is C[C@@H](CNC(=O)c1ncc(C(=O)NC(C)(C)c2ccc(-c3cccnc3)cc2)c(=O)[nH]1)C(=O)O. The van der Waals surface area contributed by atoms with Crippen LogP contribution in [0.15, 0.2) is 59.8 Å². The van der Waals surface area contributed by atoms with Crippen molar-refractivity contribution < 1.29 is 19.5 Å². The van der Waals surface area contributed by atoms with E-state index in [1.807, 2.05) is 36.4 Å². The average Bonchev–Trinajstić information content (AvgIpc) is 2.82. The second-order valence-electron chi connectivity index (χ2n) is 8.32. The minimum absolute atomic E-state index is 0.131. The number of H-pyrrole nitrogens is 1. The van der Waals surface area contributed by atoms with Gasteiger partial charge in [-0.15, -0.1) is 0 Å². The number of hydrogen-bond donors (Lipinski definition) is 4. The van der Waals surface area contributed by atoms with Crippen LogP contribution < -0.4 is 16.2 Å². The Labute approximate surface area is 195 Å². The molecule has 10 heteroatoms. The summed E-state index contributed by atoms with van der Waals surface area (Å²) < 4.78 is 0. The van der Waals surface area contributed by atoms with Gasteiger partial charge in [-0.25, -0.2) is 4.98 Å². The van der Waals surface area contributed by atoms with E-state index in [0.717, 1.165) is 22.9 Å². The lowest BCUT2D eigenvalue weighted by atomic mass is 9.92. The second kappa shape index (κ2) is 10.1. The molecule has 2 amide bonds. The predicted octanol–water partition coefficient (Wildman–Crippen LogP) is 1.95. The van der Waals surface area contributed by atoms with Crippen LogP contribution in [0, 0.1) is 5.92 Å². The molecule has 0 radical (unpaired) electrons. The number of carbonyl (C=O) groups excluding carboxylic acids is 2. The van der Waals surface area contributed by atoms with Gasteiger partial charge in [0.2, 0.25) is 0 Å². The van der Waals surface area contributed by atoms with Crippen molar-refractivity contribution >= 4 is 17.8 Å². The van der Waals surface area contributed by atoms with Gasteiger partial charge >= 0.3 is 5.97 Å². The molecule has 0 unspecified atom stereocenters. The standard InChI is InChI=1S/C24H25N5O5/c1-14(23(33)34)11-27-22(32)19-26-13-18(20(30)28-19)21(31)29-24(2,3)17-8-6-15(7-9-17)16-5-4-10-25-12-16/h4-10,12-14H,11H2,1-3H3,(H,27,32)(H,29,31)(H,33,34)(H,26,28,30)/t14-/m0/s1. The topological polar surface area (TPSA) is 154 Å². The van der Waals surface area contributed by atoms with E-state index >= 15 is 0 Å². The molecule has 3 aromatic rings. The van der Waals surface area contributed by atoms with Crippen LogP contribution in [0.1, 0.15) is 47.3 Å². The Hall–Kier alpha value is -4.34. The minimum atomic E-state index is -1.07. The molecule has 0 saturated carbocycles.